The summed E-state index contributed by atoms with van der Waals surface area (Å²) in [6.45, 7) is 11.7. The van der Waals surface area contributed by atoms with E-state index in [4.69, 9.17) is 42.6 Å². The third-order valence-corrected chi connectivity index (χ3v) is 5.37. The van der Waals surface area contributed by atoms with E-state index in [0.29, 0.717) is 19.8 Å². The second-order valence-electron chi connectivity index (χ2n) is 9.28. The number of carbonyl (C=O) groups excluding carboxylic acids is 1. The van der Waals surface area contributed by atoms with Crippen molar-refractivity contribution in [1.82, 2.24) is 0 Å². The number of ether oxygens (including phenoxy) is 9. The van der Waals surface area contributed by atoms with Gasteiger partial charge in [0.1, 0.15) is 25.4 Å². The summed E-state index contributed by atoms with van der Waals surface area (Å²) < 4.78 is 50.5. The van der Waals surface area contributed by atoms with Crippen molar-refractivity contribution in [3.8, 4) is 0 Å². The summed E-state index contributed by atoms with van der Waals surface area (Å²) in [5.41, 5.74) is 0. The first-order valence-electron chi connectivity index (χ1n) is 11.8. The molecule has 0 aromatic heterocycles. The van der Waals surface area contributed by atoms with E-state index < -0.39 is 36.2 Å². The van der Waals surface area contributed by atoms with Crippen LogP contribution >= 0.6 is 0 Å². The van der Waals surface area contributed by atoms with Gasteiger partial charge in [-0.3, -0.25) is 0 Å². The van der Waals surface area contributed by atoms with Crippen LogP contribution in [0, 0.1) is 5.92 Å². The summed E-state index contributed by atoms with van der Waals surface area (Å²) in [5.74, 6) is -2.65. The molecule has 0 amide bonds. The summed E-state index contributed by atoms with van der Waals surface area (Å²) in [7, 11) is 1.55. The van der Waals surface area contributed by atoms with Gasteiger partial charge in [-0.2, -0.15) is 0 Å². The van der Waals surface area contributed by atoms with E-state index >= 15 is 0 Å². The molecule has 2 rings (SSSR count). The zero-order chi connectivity index (χ0) is 25.4. The van der Waals surface area contributed by atoms with E-state index in [2.05, 4.69) is 0 Å². The molecular formula is C23H42O11. The maximum atomic E-state index is 11.6. The van der Waals surface area contributed by atoms with Crippen molar-refractivity contribution in [2.45, 2.75) is 90.4 Å². The Bertz CT molecular complexity index is 606. The van der Waals surface area contributed by atoms with Crippen molar-refractivity contribution in [3.63, 3.8) is 0 Å². The topological polar surface area (TPSA) is 120 Å². The molecule has 2 aliphatic heterocycles. The first-order chi connectivity index (χ1) is 16.0. The highest BCUT2D eigenvalue weighted by Crippen LogP contribution is 2.40. The van der Waals surface area contributed by atoms with Crippen LogP contribution in [0.25, 0.3) is 0 Å². The quantitative estimate of drug-likeness (QED) is 0.203. The number of hydrogen-bond acceptors (Lipinski definition) is 11. The summed E-state index contributed by atoms with van der Waals surface area (Å²) >= 11 is 0. The smallest absolute Gasteiger partial charge is 0.332 e. The number of esters is 1. The van der Waals surface area contributed by atoms with Crippen molar-refractivity contribution in [2.24, 2.45) is 5.92 Å². The van der Waals surface area contributed by atoms with E-state index in [-0.39, 0.29) is 37.9 Å². The Kier molecular flexibility index (Phi) is 11.6. The SMILES string of the molecule is CCC1C(C2COC(C)(C)O2)OC(OC(C)OCCOC(=O)COCCOC)C1OC(C)(C)O. The second kappa shape index (κ2) is 13.4. The van der Waals surface area contributed by atoms with Crippen LogP contribution < -0.4 is 0 Å². The third-order valence-electron chi connectivity index (χ3n) is 5.37. The number of carbonyl (C=O) groups is 1. The fraction of sp³-hybridized carbons (Fsp3) is 0.957. The van der Waals surface area contributed by atoms with E-state index in [0.717, 1.165) is 6.42 Å². The molecule has 0 radical (unpaired) electrons. The molecule has 6 atom stereocenters. The van der Waals surface area contributed by atoms with Gasteiger partial charge in [0, 0.05) is 13.0 Å². The summed E-state index contributed by atoms with van der Waals surface area (Å²) in [6.07, 6.45) is -1.92. The Hall–Kier alpha value is -0.890. The molecule has 2 aliphatic rings. The predicted molar refractivity (Wildman–Crippen MR) is 119 cm³/mol. The zero-order valence-electron chi connectivity index (χ0n) is 21.4. The van der Waals surface area contributed by atoms with Crippen LogP contribution in [0.4, 0.5) is 0 Å². The highest BCUT2D eigenvalue weighted by molar-refractivity contribution is 5.70. The van der Waals surface area contributed by atoms with Gasteiger partial charge in [0.15, 0.2) is 24.2 Å². The third kappa shape index (κ3) is 9.63. The highest BCUT2D eigenvalue weighted by Gasteiger charge is 2.53. The summed E-state index contributed by atoms with van der Waals surface area (Å²) in [4.78, 5) is 11.6. The molecule has 2 saturated heterocycles. The monoisotopic (exact) mass is 494 g/mol. The minimum absolute atomic E-state index is 0.0534. The van der Waals surface area contributed by atoms with Gasteiger partial charge in [-0.05, 0) is 41.0 Å². The number of rotatable bonds is 15. The zero-order valence-corrected chi connectivity index (χ0v) is 21.4. The van der Waals surface area contributed by atoms with Crippen molar-refractivity contribution in [2.75, 3.05) is 46.8 Å². The van der Waals surface area contributed by atoms with Gasteiger partial charge in [-0.15, -0.1) is 0 Å². The average Bonchev–Trinajstić information content (AvgIpc) is 3.26. The first-order valence-corrected chi connectivity index (χ1v) is 11.8. The van der Waals surface area contributed by atoms with E-state index in [9.17, 15) is 9.90 Å². The van der Waals surface area contributed by atoms with Crippen LogP contribution in [0.3, 0.4) is 0 Å². The van der Waals surface area contributed by atoms with Crippen LogP contribution in [0.2, 0.25) is 0 Å². The number of aliphatic hydroxyl groups is 1. The lowest BCUT2D eigenvalue weighted by molar-refractivity contribution is -0.293. The number of methoxy groups -OCH3 is 1. The molecule has 11 heteroatoms. The van der Waals surface area contributed by atoms with Crippen molar-refractivity contribution < 1.29 is 52.5 Å². The standard InChI is InChI=1S/C23H42O11/c1-8-16-19(17-13-30-23(5,6)33-17)32-21(20(16)34-22(3,4)25)31-15(2)28-11-12-29-18(24)14-27-10-9-26-7/h15-17,19-21,25H,8-14H2,1-7H3. The van der Waals surface area contributed by atoms with E-state index in [1.165, 1.54) is 0 Å². The molecule has 34 heavy (non-hydrogen) atoms. The Balaban J connectivity index is 1.86. The van der Waals surface area contributed by atoms with Crippen molar-refractivity contribution >= 4 is 5.97 Å². The van der Waals surface area contributed by atoms with Gasteiger partial charge < -0.3 is 47.7 Å². The van der Waals surface area contributed by atoms with Gasteiger partial charge in [0.2, 0.25) is 0 Å². The molecule has 200 valence electrons. The molecule has 0 spiro atoms. The van der Waals surface area contributed by atoms with Crippen LogP contribution in [0.15, 0.2) is 0 Å². The average molecular weight is 495 g/mol. The fourth-order valence-electron chi connectivity index (χ4n) is 3.95. The van der Waals surface area contributed by atoms with Crippen LogP contribution in [0.1, 0.15) is 48.0 Å². The second-order valence-corrected chi connectivity index (χ2v) is 9.28. The molecule has 0 bridgehead atoms. The van der Waals surface area contributed by atoms with Gasteiger partial charge >= 0.3 is 5.97 Å². The number of hydrogen-bond donors (Lipinski definition) is 1. The maximum absolute atomic E-state index is 11.6. The van der Waals surface area contributed by atoms with Crippen LogP contribution in [-0.4, -0.2) is 100 Å². The minimum atomic E-state index is -1.38. The van der Waals surface area contributed by atoms with E-state index in [1.54, 1.807) is 27.9 Å². The lowest BCUT2D eigenvalue weighted by Crippen LogP contribution is -2.42. The molecule has 1 N–H and O–H groups in total. The Morgan fingerprint density at radius 1 is 1.21 bits per heavy atom. The van der Waals surface area contributed by atoms with Gasteiger partial charge in [0.05, 0.1) is 32.5 Å². The van der Waals surface area contributed by atoms with Crippen molar-refractivity contribution in [3.05, 3.63) is 0 Å². The largest absolute Gasteiger partial charge is 0.462 e. The molecule has 2 heterocycles. The Morgan fingerprint density at radius 3 is 2.53 bits per heavy atom. The molecule has 11 nitrogen and oxygen atoms in total. The molecule has 6 unspecified atom stereocenters. The molecule has 2 fully saturated rings. The van der Waals surface area contributed by atoms with Crippen LogP contribution in [-0.2, 0) is 47.4 Å². The minimum Gasteiger partial charge on any atom is -0.462 e. The lowest BCUT2D eigenvalue weighted by Gasteiger charge is -2.31. The van der Waals surface area contributed by atoms with Gasteiger partial charge in [0.25, 0.3) is 0 Å². The fourth-order valence-corrected chi connectivity index (χ4v) is 3.95. The van der Waals surface area contributed by atoms with E-state index in [1.807, 2.05) is 20.8 Å². The Morgan fingerprint density at radius 2 is 1.94 bits per heavy atom. The molecule has 0 aliphatic carbocycles. The van der Waals surface area contributed by atoms with Crippen molar-refractivity contribution in [1.29, 1.82) is 0 Å². The molecule has 0 saturated carbocycles. The van der Waals surface area contributed by atoms with Gasteiger partial charge in [-0.1, -0.05) is 6.92 Å². The first kappa shape index (κ1) is 29.3. The highest BCUT2D eigenvalue weighted by atomic mass is 16.8. The summed E-state index contributed by atoms with van der Waals surface area (Å²) in [5, 5.41) is 10.3. The molecular weight excluding hydrogens is 452 g/mol. The molecule has 0 aromatic carbocycles. The Labute approximate surface area is 202 Å². The maximum Gasteiger partial charge on any atom is 0.332 e. The lowest BCUT2D eigenvalue weighted by atomic mass is 9.92. The van der Waals surface area contributed by atoms with Crippen LogP contribution in [0.5, 0.6) is 0 Å². The normalized spacial score (nSPS) is 29.9. The van der Waals surface area contributed by atoms with Gasteiger partial charge in [-0.25, -0.2) is 4.79 Å². The summed E-state index contributed by atoms with van der Waals surface area (Å²) in [6, 6.07) is 0. The molecule has 0 aromatic rings. The predicted octanol–water partition coefficient (Wildman–Crippen LogP) is 1.59.